The maximum atomic E-state index is 6.16. The third-order valence-corrected chi connectivity index (χ3v) is 2.97. The molecule has 1 aromatic carbocycles. The number of rotatable bonds is 6. The predicted molar refractivity (Wildman–Crippen MR) is 77.6 cm³/mol. The normalized spacial score (nSPS) is 12.3. The minimum Gasteiger partial charge on any atom is -0.330 e. The van der Waals surface area contributed by atoms with Gasteiger partial charge in [-0.1, -0.05) is 44.5 Å². The van der Waals surface area contributed by atoms with Crippen molar-refractivity contribution in [3.8, 4) is 0 Å². The number of halogens is 1. The van der Waals surface area contributed by atoms with Crippen LogP contribution in [0.25, 0.3) is 0 Å². The van der Waals surface area contributed by atoms with Crippen LogP contribution in [0.5, 0.6) is 0 Å². The number of nitrogens with two attached hydrogens (primary N) is 2. The fourth-order valence-electron chi connectivity index (χ4n) is 1.82. The molecule has 0 unspecified atom stereocenters. The summed E-state index contributed by atoms with van der Waals surface area (Å²) in [6, 6.07) is 8.79. The molecule has 0 heterocycles. The fourth-order valence-corrected chi connectivity index (χ4v) is 1.82. The molecule has 4 N–H and O–H groups in total. The zero-order valence-corrected chi connectivity index (χ0v) is 11.7. The Morgan fingerprint density at radius 3 is 2.35 bits per heavy atom. The van der Waals surface area contributed by atoms with Gasteiger partial charge < -0.3 is 11.5 Å². The third kappa shape index (κ3) is 5.53. The van der Waals surface area contributed by atoms with Crippen molar-refractivity contribution in [3.05, 3.63) is 35.4 Å². The summed E-state index contributed by atoms with van der Waals surface area (Å²) in [7, 11) is 0. The van der Waals surface area contributed by atoms with E-state index >= 15 is 0 Å². The van der Waals surface area contributed by atoms with Crippen LogP contribution in [0.4, 0.5) is 0 Å². The minimum atomic E-state index is 0. The lowest BCUT2D eigenvalue weighted by molar-refractivity contribution is 0.590. The van der Waals surface area contributed by atoms with E-state index in [1.807, 2.05) is 0 Å². The monoisotopic (exact) mass is 256 g/mol. The zero-order chi connectivity index (χ0) is 12.0. The summed E-state index contributed by atoms with van der Waals surface area (Å²) >= 11 is 0. The number of hydrogen-bond acceptors (Lipinski definition) is 2. The Labute approximate surface area is 111 Å². The molecule has 0 amide bonds. The molecule has 1 aromatic rings. The summed E-state index contributed by atoms with van der Waals surface area (Å²) in [5.74, 6) is 0.566. The molecule has 0 aliphatic carbocycles. The lowest BCUT2D eigenvalue weighted by Crippen LogP contribution is -2.11. The van der Waals surface area contributed by atoms with Gasteiger partial charge in [0, 0.05) is 6.04 Å². The Morgan fingerprint density at radius 2 is 1.76 bits per heavy atom. The van der Waals surface area contributed by atoms with Crippen LogP contribution in [-0.2, 0) is 0 Å². The highest BCUT2D eigenvalue weighted by molar-refractivity contribution is 5.85. The smallest absolute Gasteiger partial charge is 0.0294 e. The van der Waals surface area contributed by atoms with Crippen molar-refractivity contribution in [3.63, 3.8) is 0 Å². The van der Waals surface area contributed by atoms with Crippen LogP contribution in [-0.4, -0.2) is 6.54 Å². The molecule has 2 nitrogen and oxygen atoms in total. The van der Waals surface area contributed by atoms with E-state index in [0.29, 0.717) is 5.92 Å². The molecule has 0 radical (unpaired) electrons. The Hall–Kier alpha value is -0.570. The zero-order valence-electron chi connectivity index (χ0n) is 10.9. The van der Waals surface area contributed by atoms with Gasteiger partial charge in [0.2, 0.25) is 0 Å². The first-order valence-corrected chi connectivity index (χ1v) is 6.20. The molecule has 0 spiro atoms. The summed E-state index contributed by atoms with van der Waals surface area (Å²) in [4.78, 5) is 0. The lowest BCUT2D eigenvalue weighted by atomic mass is 9.96. The SMILES string of the molecule is CC(C)c1cccc([C@@H](N)CCCCN)c1.Cl. The van der Waals surface area contributed by atoms with Crippen molar-refractivity contribution >= 4 is 12.4 Å². The Bertz CT molecular complexity index is 313. The molecule has 0 saturated heterocycles. The van der Waals surface area contributed by atoms with Gasteiger partial charge in [0.05, 0.1) is 0 Å². The van der Waals surface area contributed by atoms with E-state index in [2.05, 4.69) is 38.1 Å². The molecule has 0 aromatic heterocycles. The van der Waals surface area contributed by atoms with Crippen LogP contribution in [0.2, 0.25) is 0 Å². The standard InChI is InChI=1S/C14H24N2.ClH/c1-11(2)12-6-5-7-13(10-12)14(16)8-3-4-9-15;/h5-7,10-11,14H,3-4,8-9,15-16H2,1-2H3;1H/t14-;/m0./s1. The predicted octanol–water partition coefficient (Wildman–Crippen LogP) is 3.36. The molecule has 1 atom stereocenters. The minimum absolute atomic E-state index is 0. The second-order valence-electron chi connectivity index (χ2n) is 4.72. The largest absolute Gasteiger partial charge is 0.330 e. The molecule has 1 rings (SSSR count). The van der Waals surface area contributed by atoms with Gasteiger partial charge >= 0.3 is 0 Å². The van der Waals surface area contributed by atoms with Gasteiger partial charge in [-0.25, -0.2) is 0 Å². The second-order valence-corrected chi connectivity index (χ2v) is 4.72. The van der Waals surface area contributed by atoms with Gasteiger partial charge in [-0.3, -0.25) is 0 Å². The van der Waals surface area contributed by atoms with E-state index in [1.54, 1.807) is 0 Å². The van der Waals surface area contributed by atoms with E-state index in [1.165, 1.54) is 11.1 Å². The van der Waals surface area contributed by atoms with Crippen LogP contribution in [0.1, 0.15) is 56.2 Å². The number of benzene rings is 1. The van der Waals surface area contributed by atoms with Crippen LogP contribution < -0.4 is 11.5 Å². The average molecular weight is 257 g/mol. The summed E-state index contributed by atoms with van der Waals surface area (Å²) in [5, 5.41) is 0. The van der Waals surface area contributed by atoms with Crippen LogP contribution >= 0.6 is 12.4 Å². The quantitative estimate of drug-likeness (QED) is 0.767. The maximum Gasteiger partial charge on any atom is 0.0294 e. The van der Waals surface area contributed by atoms with E-state index in [4.69, 9.17) is 11.5 Å². The Kier molecular flexibility index (Phi) is 8.23. The molecule has 0 saturated carbocycles. The first kappa shape index (κ1) is 16.4. The van der Waals surface area contributed by atoms with Crippen LogP contribution in [0, 0.1) is 0 Å². The molecular weight excluding hydrogens is 232 g/mol. The molecule has 0 aliphatic heterocycles. The molecule has 0 aliphatic rings. The van der Waals surface area contributed by atoms with Gasteiger partial charge in [-0.2, -0.15) is 0 Å². The van der Waals surface area contributed by atoms with Crippen molar-refractivity contribution < 1.29 is 0 Å². The first-order valence-electron chi connectivity index (χ1n) is 6.20. The summed E-state index contributed by atoms with van der Waals surface area (Å²) in [5.41, 5.74) is 14.3. The lowest BCUT2D eigenvalue weighted by Gasteiger charge is -2.14. The van der Waals surface area contributed by atoms with Crippen LogP contribution in [0.15, 0.2) is 24.3 Å². The molecule has 17 heavy (non-hydrogen) atoms. The van der Waals surface area contributed by atoms with Crippen LogP contribution in [0.3, 0.4) is 0 Å². The van der Waals surface area contributed by atoms with Crippen molar-refractivity contribution in [2.24, 2.45) is 11.5 Å². The van der Waals surface area contributed by atoms with Crippen molar-refractivity contribution in [1.82, 2.24) is 0 Å². The van der Waals surface area contributed by atoms with E-state index in [0.717, 1.165) is 25.8 Å². The number of hydrogen-bond donors (Lipinski definition) is 2. The van der Waals surface area contributed by atoms with Crippen molar-refractivity contribution in [2.45, 2.75) is 45.1 Å². The topological polar surface area (TPSA) is 52.0 Å². The van der Waals surface area contributed by atoms with Gasteiger partial charge in [0.25, 0.3) is 0 Å². The van der Waals surface area contributed by atoms with Gasteiger partial charge in [-0.05, 0) is 36.4 Å². The highest BCUT2D eigenvalue weighted by Gasteiger charge is 2.07. The Morgan fingerprint density at radius 1 is 1.12 bits per heavy atom. The van der Waals surface area contributed by atoms with Gasteiger partial charge in [0.1, 0.15) is 0 Å². The number of unbranched alkanes of at least 4 members (excludes halogenated alkanes) is 1. The highest BCUT2D eigenvalue weighted by atomic mass is 35.5. The second kappa shape index (κ2) is 8.51. The van der Waals surface area contributed by atoms with Gasteiger partial charge in [-0.15, -0.1) is 12.4 Å². The molecule has 98 valence electrons. The Balaban J connectivity index is 0.00000256. The van der Waals surface area contributed by atoms with E-state index in [-0.39, 0.29) is 18.4 Å². The maximum absolute atomic E-state index is 6.16. The first-order chi connectivity index (χ1) is 7.65. The molecular formula is C14H25ClN2. The van der Waals surface area contributed by atoms with E-state index in [9.17, 15) is 0 Å². The van der Waals surface area contributed by atoms with Crippen molar-refractivity contribution in [1.29, 1.82) is 0 Å². The van der Waals surface area contributed by atoms with Gasteiger partial charge in [0.15, 0.2) is 0 Å². The summed E-state index contributed by atoms with van der Waals surface area (Å²) in [6.07, 6.45) is 3.21. The molecule has 3 heteroatoms. The average Bonchev–Trinajstić information content (AvgIpc) is 2.29. The molecule has 0 fully saturated rings. The fraction of sp³-hybridized carbons (Fsp3) is 0.571. The van der Waals surface area contributed by atoms with Crippen molar-refractivity contribution in [2.75, 3.05) is 6.54 Å². The summed E-state index contributed by atoms with van der Waals surface area (Å²) < 4.78 is 0. The molecule has 0 bridgehead atoms. The third-order valence-electron chi connectivity index (χ3n) is 2.97. The summed E-state index contributed by atoms with van der Waals surface area (Å²) in [6.45, 7) is 5.18. The highest BCUT2D eigenvalue weighted by Crippen LogP contribution is 2.21. The van der Waals surface area contributed by atoms with E-state index < -0.39 is 0 Å².